The van der Waals surface area contributed by atoms with Gasteiger partial charge in [-0.15, -0.1) is 0 Å². The predicted molar refractivity (Wildman–Crippen MR) is 69.8 cm³/mol. The summed E-state index contributed by atoms with van der Waals surface area (Å²) in [5.74, 6) is 1.45. The van der Waals surface area contributed by atoms with Gasteiger partial charge in [0.1, 0.15) is 5.02 Å². The summed E-state index contributed by atoms with van der Waals surface area (Å²) in [7, 11) is 0. The number of anilines is 1. The fraction of sp³-hybridized carbons (Fsp3) is 0.167. The number of halogens is 1. The molecule has 0 bridgehead atoms. The molecule has 0 aliphatic carbocycles. The second kappa shape index (κ2) is 4.81. The number of aromatic amines is 1. The molecule has 0 unspecified atom stereocenters. The van der Waals surface area contributed by atoms with Gasteiger partial charge in [-0.1, -0.05) is 17.7 Å². The summed E-state index contributed by atoms with van der Waals surface area (Å²) in [5, 5.41) is 9.09. The van der Waals surface area contributed by atoms with E-state index in [0.717, 1.165) is 17.1 Å². The molecule has 1 aliphatic rings. The minimum atomic E-state index is -0.419. The molecule has 1 aromatic heterocycles. The van der Waals surface area contributed by atoms with Gasteiger partial charge in [-0.2, -0.15) is 5.10 Å². The molecule has 98 valence electrons. The molecule has 2 heterocycles. The van der Waals surface area contributed by atoms with Gasteiger partial charge in [0.2, 0.25) is 6.79 Å². The molecule has 0 atom stereocenters. The van der Waals surface area contributed by atoms with Gasteiger partial charge in [-0.25, -0.2) is 5.10 Å². The Bertz CT molecular complexity index is 672. The zero-order chi connectivity index (χ0) is 13.2. The molecule has 19 heavy (non-hydrogen) atoms. The molecule has 0 saturated carbocycles. The van der Waals surface area contributed by atoms with Gasteiger partial charge in [0.05, 0.1) is 11.9 Å². The molecule has 1 aliphatic heterocycles. The SMILES string of the molecule is O=c1[nH]ncc(NCc2ccc3c(c2)OCO3)c1Cl. The van der Waals surface area contributed by atoms with E-state index < -0.39 is 5.56 Å². The van der Waals surface area contributed by atoms with Crippen molar-refractivity contribution in [2.24, 2.45) is 0 Å². The van der Waals surface area contributed by atoms with Gasteiger partial charge in [0.15, 0.2) is 11.5 Å². The Morgan fingerprint density at radius 1 is 1.37 bits per heavy atom. The first kappa shape index (κ1) is 11.9. The zero-order valence-electron chi connectivity index (χ0n) is 9.77. The molecule has 0 fully saturated rings. The van der Waals surface area contributed by atoms with Gasteiger partial charge >= 0.3 is 0 Å². The Morgan fingerprint density at radius 3 is 3.11 bits per heavy atom. The quantitative estimate of drug-likeness (QED) is 0.895. The van der Waals surface area contributed by atoms with Crippen LogP contribution in [0.5, 0.6) is 11.5 Å². The van der Waals surface area contributed by atoms with Crippen molar-refractivity contribution in [2.75, 3.05) is 12.1 Å². The number of aromatic nitrogens is 2. The Morgan fingerprint density at radius 2 is 2.21 bits per heavy atom. The standard InChI is InChI=1S/C12H10ClN3O3/c13-11-8(5-15-16-12(11)17)14-4-7-1-2-9-10(3-7)19-6-18-9/h1-3,5H,4,6H2,(H2,14,16,17). The topological polar surface area (TPSA) is 76.2 Å². The normalized spacial score (nSPS) is 12.5. The van der Waals surface area contributed by atoms with E-state index in [1.165, 1.54) is 6.20 Å². The van der Waals surface area contributed by atoms with Crippen LogP contribution in [0, 0.1) is 0 Å². The van der Waals surface area contributed by atoms with Crippen molar-refractivity contribution in [1.82, 2.24) is 10.2 Å². The van der Waals surface area contributed by atoms with Gasteiger partial charge in [-0.3, -0.25) is 4.79 Å². The van der Waals surface area contributed by atoms with Crippen LogP contribution in [0.4, 0.5) is 5.69 Å². The molecular weight excluding hydrogens is 270 g/mol. The molecule has 0 radical (unpaired) electrons. The molecule has 0 spiro atoms. The number of fused-ring (bicyclic) bond motifs is 1. The summed E-state index contributed by atoms with van der Waals surface area (Å²) < 4.78 is 10.5. The lowest BCUT2D eigenvalue weighted by molar-refractivity contribution is 0.174. The van der Waals surface area contributed by atoms with E-state index in [-0.39, 0.29) is 11.8 Å². The van der Waals surface area contributed by atoms with E-state index in [0.29, 0.717) is 12.2 Å². The highest BCUT2D eigenvalue weighted by Gasteiger charge is 2.13. The predicted octanol–water partition coefficient (Wildman–Crippen LogP) is 1.76. The van der Waals surface area contributed by atoms with E-state index in [1.807, 2.05) is 18.2 Å². The van der Waals surface area contributed by atoms with Crippen LogP contribution in [0.2, 0.25) is 5.02 Å². The third-order valence-corrected chi connectivity index (χ3v) is 3.09. The van der Waals surface area contributed by atoms with Crippen LogP contribution < -0.4 is 20.3 Å². The number of nitrogens with one attached hydrogen (secondary N) is 2. The summed E-state index contributed by atoms with van der Waals surface area (Å²) in [6.07, 6.45) is 1.47. The van der Waals surface area contributed by atoms with Gasteiger partial charge < -0.3 is 14.8 Å². The fourth-order valence-corrected chi connectivity index (χ4v) is 1.91. The molecule has 6 nitrogen and oxygen atoms in total. The van der Waals surface area contributed by atoms with Crippen molar-refractivity contribution >= 4 is 17.3 Å². The average Bonchev–Trinajstić information content (AvgIpc) is 2.88. The largest absolute Gasteiger partial charge is 0.454 e. The Labute approximate surface area is 113 Å². The molecule has 0 saturated heterocycles. The van der Waals surface area contributed by atoms with E-state index >= 15 is 0 Å². The van der Waals surface area contributed by atoms with Crippen LogP contribution in [0.3, 0.4) is 0 Å². The van der Waals surface area contributed by atoms with Gasteiger partial charge in [-0.05, 0) is 17.7 Å². The highest BCUT2D eigenvalue weighted by molar-refractivity contribution is 6.32. The zero-order valence-corrected chi connectivity index (χ0v) is 10.5. The van der Waals surface area contributed by atoms with Crippen LogP contribution in [-0.4, -0.2) is 17.0 Å². The maximum Gasteiger partial charge on any atom is 0.285 e. The maximum atomic E-state index is 11.3. The van der Waals surface area contributed by atoms with Crippen molar-refractivity contribution in [1.29, 1.82) is 0 Å². The smallest absolute Gasteiger partial charge is 0.285 e. The Kier molecular flexibility index (Phi) is 3.00. The molecular formula is C12H10ClN3O3. The van der Waals surface area contributed by atoms with E-state index in [4.69, 9.17) is 21.1 Å². The first-order chi connectivity index (χ1) is 9.24. The highest BCUT2D eigenvalue weighted by atomic mass is 35.5. The van der Waals surface area contributed by atoms with Crippen LogP contribution in [0.25, 0.3) is 0 Å². The summed E-state index contributed by atoms with van der Waals surface area (Å²) >= 11 is 5.86. The van der Waals surface area contributed by atoms with Crippen LogP contribution >= 0.6 is 11.6 Å². The number of hydrogen-bond acceptors (Lipinski definition) is 5. The molecule has 2 aromatic rings. The number of rotatable bonds is 3. The third-order valence-electron chi connectivity index (χ3n) is 2.72. The number of ether oxygens (including phenoxy) is 2. The van der Waals surface area contributed by atoms with Crippen molar-refractivity contribution in [3.63, 3.8) is 0 Å². The number of benzene rings is 1. The minimum absolute atomic E-state index is 0.0933. The first-order valence-electron chi connectivity index (χ1n) is 5.59. The Balaban J connectivity index is 1.76. The minimum Gasteiger partial charge on any atom is -0.454 e. The van der Waals surface area contributed by atoms with Gasteiger partial charge in [0, 0.05) is 6.54 Å². The molecule has 1 aromatic carbocycles. The van der Waals surface area contributed by atoms with Crippen LogP contribution in [-0.2, 0) is 6.54 Å². The third kappa shape index (κ3) is 2.34. The number of H-pyrrole nitrogens is 1. The lowest BCUT2D eigenvalue weighted by Crippen LogP contribution is -2.11. The number of nitrogens with zero attached hydrogens (tertiary/aromatic N) is 1. The summed E-state index contributed by atoms with van der Waals surface area (Å²) in [6, 6.07) is 5.63. The van der Waals surface area contributed by atoms with E-state index in [2.05, 4.69) is 15.5 Å². The molecule has 7 heteroatoms. The first-order valence-corrected chi connectivity index (χ1v) is 5.97. The van der Waals surface area contributed by atoms with Crippen LogP contribution in [0.15, 0.2) is 29.2 Å². The average molecular weight is 280 g/mol. The lowest BCUT2D eigenvalue weighted by Gasteiger charge is -2.07. The second-order valence-electron chi connectivity index (χ2n) is 3.97. The Hall–Kier alpha value is -2.21. The van der Waals surface area contributed by atoms with Crippen molar-refractivity contribution < 1.29 is 9.47 Å². The molecule has 2 N–H and O–H groups in total. The maximum absolute atomic E-state index is 11.3. The molecule has 3 rings (SSSR count). The van der Waals surface area contributed by atoms with Crippen molar-refractivity contribution in [3.8, 4) is 11.5 Å². The van der Waals surface area contributed by atoms with Crippen molar-refractivity contribution in [3.05, 3.63) is 45.3 Å². The van der Waals surface area contributed by atoms with E-state index in [1.54, 1.807) is 0 Å². The fourth-order valence-electron chi connectivity index (χ4n) is 1.75. The summed E-state index contributed by atoms with van der Waals surface area (Å²) in [6.45, 7) is 0.748. The molecule has 0 amide bonds. The van der Waals surface area contributed by atoms with E-state index in [9.17, 15) is 4.79 Å². The highest BCUT2D eigenvalue weighted by Crippen LogP contribution is 2.32. The number of hydrogen-bond donors (Lipinski definition) is 2. The van der Waals surface area contributed by atoms with Gasteiger partial charge in [0.25, 0.3) is 5.56 Å². The summed E-state index contributed by atoms with van der Waals surface area (Å²) in [5.41, 5.74) is 1.06. The second-order valence-corrected chi connectivity index (χ2v) is 4.35. The monoisotopic (exact) mass is 279 g/mol. The van der Waals surface area contributed by atoms with Crippen LogP contribution in [0.1, 0.15) is 5.56 Å². The lowest BCUT2D eigenvalue weighted by atomic mass is 10.2. The summed E-state index contributed by atoms with van der Waals surface area (Å²) in [4.78, 5) is 11.3. The van der Waals surface area contributed by atoms with Crippen molar-refractivity contribution in [2.45, 2.75) is 6.54 Å².